The van der Waals surface area contributed by atoms with Crippen molar-refractivity contribution in [3.05, 3.63) is 70.6 Å². The Morgan fingerprint density at radius 1 is 1.19 bits per heavy atom. The summed E-state index contributed by atoms with van der Waals surface area (Å²) < 4.78 is 19.2. The maximum Gasteiger partial charge on any atom is 0.270 e. The molecule has 3 aromatic rings. The van der Waals surface area contributed by atoms with Gasteiger partial charge in [0.2, 0.25) is 0 Å². The summed E-state index contributed by atoms with van der Waals surface area (Å²) in [6.07, 6.45) is 2.68. The van der Waals surface area contributed by atoms with E-state index in [1.807, 2.05) is 18.2 Å². The number of aromatic nitrogens is 1. The number of benzene rings is 2. The molecule has 1 amide bonds. The summed E-state index contributed by atoms with van der Waals surface area (Å²) in [4.78, 5) is 19.5. The predicted molar refractivity (Wildman–Crippen MR) is 125 cm³/mol. The maximum absolute atomic E-state index is 13.6. The van der Waals surface area contributed by atoms with Crippen molar-refractivity contribution in [3.8, 4) is 5.75 Å². The zero-order valence-corrected chi connectivity index (χ0v) is 18.9. The molecule has 0 saturated carbocycles. The van der Waals surface area contributed by atoms with Gasteiger partial charge in [-0.2, -0.15) is 0 Å². The molecule has 1 N–H and O–H groups in total. The summed E-state index contributed by atoms with van der Waals surface area (Å²) in [7, 11) is 0. The minimum Gasteiger partial charge on any atom is -0.493 e. The number of carbonyl (C=O) groups is 1. The van der Waals surface area contributed by atoms with Gasteiger partial charge in [0.1, 0.15) is 17.3 Å². The van der Waals surface area contributed by atoms with Crippen LogP contribution in [0.2, 0.25) is 5.02 Å². The van der Waals surface area contributed by atoms with Crippen molar-refractivity contribution in [2.24, 2.45) is 0 Å². The van der Waals surface area contributed by atoms with Crippen molar-refractivity contribution in [1.82, 2.24) is 15.2 Å². The topological polar surface area (TPSA) is 54.5 Å². The molecular weight excluding hydrogens is 429 g/mol. The number of aryl methyl sites for hydroxylation is 1. The minimum absolute atomic E-state index is 0.140. The lowest BCUT2D eigenvalue weighted by molar-refractivity contribution is 0.0905. The van der Waals surface area contributed by atoms with E-state index in [1.54, 1.807) is 31.2 Å². The molecule has 1 saturated heterocycles. The van der Waals surface area contributed by atoms with E-state index < -0.39 is 0 Å². The minimum atomic E-state index is -0.241. The number of nitrogens with zero attached hydrogens (tertiary/aromatic N) is 2. The molecule has 1 fully saturated rings. The van der Waals surface area contributed by atoms with E-state index >= 15 is 0 Å². The molecule has 2 heterocycles. The molecular formula is C25H27ClFN3O2. The monoisotopic (exact) mass is 455 g/mol. The van der Waals surface area contributed by atoms with Crippen molar-refractivity contribution >= 4 is 28.4 Å². The summed E-state index contributed by atoms with van der Waals surface area (Å²) in [5.74, 6) is 0.189. The normalized spacial score (nSPS) is 15.1. The maximum atomic E-state index is 13.6. The number of rotatable bonds is 7. The second kappa shape index (κ2) is 10.3. The van der Waals surface area contributed by atoms with Gasteiger partial charge in [0, 0.05) is 42.2 Å². The van der Waals surface area contributed by atoms with E-state index in [0.29, 0.717) is 28.6 Å². The van der Waals surface area contributed by atoms with Crippen LogP contribution in [0.25, 0.3) is 10.9 Å². The van der Waals surface area contributed by atoms with E-state index in [4.69, 9.17) is 16.3 Å². The number of likely N-dealkylation sites (tertiary alicyclic amines) is 1. The lowest BCUT2D eigenvalue weighted by Crippen LogP contribution is -2.45. The van der Waals surface area contributed by atoms with E-state index in [-0.39, 0.29) is 17.8 Å². The smallest absolute Gasteiger partial charge is 0.270 e. The molecule has 0 radical (unpaired) electrons. The quantitative estimate of drug-likeness (QED) is 0.509. The van der Waals surface area contributed by atoms with Gasteiger partial charge in [0.25, 0.3) is 5.91 Å². The molecule has 32 heavy (non-hydrogen) atoms. The number of halogens is 2. The van der Waals surface area contributed by atoms with Gasteiger partial charge in [-0.25, -0.2) is 9.37 Å². The number of fused-ring (bicyclic) bond motifs is 1. The Labute approximate surface area is 192 Å². The number of hydrogen-bond acceptors (Lipinski definition) is 4. The predicted octanol–water partition coefficient (Wildman–Crippen LogP) is 5.00. The highest BCUT2D eigenvalue weighted by molar-refractivity contribution is 6.31. The molecule has 0 atom stereocenters. The Morgan fingerprint density at radius 3 is 2.78 bits per heavy atom. The molecule has 7 heteroatoms. The first kappa shape index (κ1) is 22.5. The van der Waals surface area contributed by atoms with Gasteiger partial charge in [-0.1, -0.05) is 23.7 Å². The molecule has 0 aliphatic carbocycles. The van der Waals surface area contributed by atoms with Gasteiger partial charge in [-0.15, -0.1) is 0 Å². The molecule has 4 rings (SSSR count). The average Bonchev–Trinajstić information content (AvgIpc) is 2.79. The van der Waals surface area contributed by atoms with Gasteiger partial charge in [0.05, 0.1) is 12.1 Å². The lowest BCUT2D eigenvalue weighted by Gasteiger charge is -2.32. The number of ether oxygens (including phenoxy) is 1. The largest absolute Gasteiger partial charge is 0.493 e. The van der Waals surface area contributed by atoms with E-state index in [1.165, 1.54) is 6.07 Å². The van der Waals surface area contributed by atoms with Crippen LogP contribution in [0.3, 0.4) is 0 Å². The molecule has 168 valence electrons. The Kier molecular flexibility index (Phi) is 7.22. The van der Waals surface area contributed by atoms with Crippen LogP contribution in [0.5, 0.6) is 5.75 Å². The molecule has 5 nitrogen and oxygen atoms in total. The SMILES string of the molecule is Cc1ccc(OCCCN2CCC(NC(=O)c3ccc4cc(Cl)ccc4n3)CC2)cc1F. The zero-order valence-electron chi connectivity index (χ0n) is 18.1. The van der Waals surface area contributed by atoms with E-state index in [9.17, 15) is 9.18 Å². The highest BCUT2D eigenvalue weighted by atomic mass is 35.5. The summed E-state index contributed by atoms with van der Waals surface area (Å²) in [6, 6.07) is 14.2. The third-order valence-electron chi connectivity index (χ3n) is 5.84. The standard InChI is InChI=1S/C25H27ClFN3O2/c1-17-3-6-21(16-22(17)27)32-14-2-11-30-12-9-20(10-13-30)28-25(31)24-7-4-18-15-19(26)5-8-23(18)29-24/h3-8,15-16,20H,2,9-14H2,1H3,(H,28,31). The van der Waals surface area contributed by atoms with Crippen LogP contribution >= 0.6 is 11.6 Å². The van der Waals surface area contributed by atoms with Crippen molar-refractivity contribution in [2.45, 2.75) is 32.2 Å². The third kappa shape index (κ3) is 5.75. The first-order valence-corrected chi connectivity index (χ1v) is 11.3. The van der Waals surface area contributed by atoms with Gasteiger partial charge in [-0.05, 0) is 62.1 Å². The molecule has 1 aliphatic heterocycles. The van der Waals surface area contributed by atoms with Gasteiger partial charge >= 0.3 is 0 Å². The number of hydrogen-bond donors (Lipinski definition) is 1. The molecule has 1 aliphatic rings. The Bertz CT molecular complexity index is 1100. The highest BCUT2D eigenvalue weighted by Crippen LogP contribution is 2.19. The van der Waals surface area contributed by atoms with Crippen molar-refractivity contribution in [2.75, 3.05) is 26.2 Å². The third-order valence-corrected chi connectivity index (χ3v) is 6.07. The fraction of sp³-hybridized carbons (Fsp3) is 0.360. The van der Waals surface area contributed by atoms with Crippen LogP contribution in [-0.4, -0.2) is 48.1 Å². The zero-order chi connectivity index (χ0) is 22.5. The summed E-state index contributed by atoms with van der Waals surface area (Å²) in [5, 5.41) is 4.68. The van der Waals surface area contributed by atoms with Crippen LogP contribution < -0.4 is 10.1 Å². The number of pyridine rings is 1. The summed E-state index contributed by atoms with van der Waals surface area (Å²) >= 11 is 6.01. The van der Waals surface area contributed by atoms with Crippen LogP contribution in [0.1, 0.15) is 35.3 Å². The van der Waals surface area contributed by atoms with Crippen LogP contribution in [-0.2, 0) is 0 Å². The Morgan fingerprint density at radius 2 is 2.00 bits per heavy atom. The Balaban J connectivity index is 1.19. The van der Waals surface area contributed by atoms with E-state index in [0.717, 1.165) is 49.8 Å². The molecule has 2 aromatic carbocycles. The first-order valence-electron chi connectivity index (χ1n) is 11.0. The number of piperidine rings is 1. The van der Waals surface area contributed by atoms with Gasteiger partial charge in [0.15, 0.2) is 0 Å². The summed E-state index contributed by atoms with van der Waals surface area (Å²) in [6.45, 7) is 5.06. The van der Waals surface area contributed by atoms with Crippen molar-refractivity contribution in [3.63, 3.8) is 0 Å². The summed E-state index contributed by atoms with van der Waals surface area (Å²) in [5.41, 5.74) is 1.80. The average molecular weight is 456 g/mol. The molecule has 0 spiro atoms. The van der Waals surface area contributed by atoms with Crippen LogP contribution in [0.4, 0.5) is 4.39 Å². The van der Waals surface area contributed by atoms with Gasteiger partial charge in [-0.3, -0.25) is 4.79 Å². The molecule has 1 aromatic heterocycles. The number of carbonyl (C=O) groups excluding carboxylic acids is 1. The molecule has 0 bridgehead atoms. The second-order valence-electron chi connectivity index (χ2n) is 8.24. The lowest BCUT2D eigenvalue weighted by atomic mass is 10.0. The van der Waals surface area contributed by atoms with Crippen LogP contribution in [0, 0.1) is 12.7 Å². The first-order chi connectivity index (χ1) is 15.5. The van der Waals surface area contributed by atoms with Crippen molar-refractivity contribution < 1.29 is 13.9 Å². The van der Waals surface area contributed by atoms with Crippen LogP contribution in [0.15, 0.2) is 48.5 Å². The van der Waals surface area contributed by atoms with Crippen molar-refractivity contribution in [1.29, 1.82) is 0 Å². The number of nitrogens with one attached hydrogen (secondary N) is 1. The number of amides is 1. The fourth-order valence-corrected chi connectivity index (χ4v) is 4.11. The molecule has 0 unspecified atom stereocenters. The van der Waals surface area contributed by atoms with Gasteiger partial charge < -0.3 is 15.0 Å². The fourth-order valence-electron chi connectivity index (χ4n) is 3.92. The second-order valence-corrected chi connectivity index (χ2v) is 8.67. The Hall–Kier alpha value is -2.70. The highest BCUT2D eigenvalue weighted by Gasteiger charge is 2.21. The van der Waals surface area contributed by atoms with E-state index in [2.05, 4.69) is 15.2 Å².